The van der Waals surface area contributed by atoms with Crippen LogP contribution in [-0.2, 0) is 7.05 Å². The molecule has 0 radical (unpaired) electrons. The first-order chi connectivity index (χ1) is 11.7. The SMILES string of the molecule is Cn1cc(C(=O)Nc2ccc3oc(-c4cccnc4)nc3c2)cn1. The van der Waals surface area contributed by atoms with Crippen LogP contribution in [0, 0.1) is 0 Å². The highest BCUT2D eigenvalue weighted by molar-refractivity contribution is 6.04. The lowest BCUT2D eigenvalue weighted by Crippen LogP contribution is -2.10. The molecule has 0 aliphatic rings. The molecule has 24 heavy (non-hydrogen) atoms. The summed E-state index contributed by atoms with van der Waals surface area (Å²) >= 11 is 0. The van der Waals surface area contributed by atoms with Crippen LogP contribution in [0.1, 0.15) is 10.4 Å². The third-order valence-corrected chi connectivity index (χ3v) is 3.52. The lowest BCUT2D eigenvalue weighted by molar-refractivity contribution is 0.102. The second kappa shape index (κ2) is 5.62. The molecule has 7 heteroatoms. The smallest absolute Gasteiger partial charge is 0.258 e. The molecule has 0 unspecified atom stereocenters. The standard InChI is InChI=1S/C17H13N5O2/c1-22-10-12(9-19-22)16(23)20-13-4-5-15-14(7-13)21-17(24-15)11-3-2-6-18-8-11/h2-10H,1H3,(H,20,23). The summed E-state index contributed by atoms with van der Waals surface area (Å²) in [4.78, 5) is 20.7. The highest BCUT2D eigenvalue weighted by atomic mass is 16.3. The molecule has 118 valence electrons. The van der Waals surface area contributed by atoms with Gasteiger partial charge in [-0.2, -0.15) is 5.10 Å². The van der Waals surface area contributed by atoms with Crippen molar-refractivity contribution < 1.29 is 9.21 Å². The maximum Gasteiger partial charge on any atom is 0.258 e. The fourth-order valence-electron chi connectivity index (χ4n) is 2.36. The predicted octanol–water partition coefficient (Wildman–Crippen LogP) is 2.88. The summed E-state index contributed by atoms with van der Waals surface area (Å²) in [5.74, 6) is 0.271. The van der Waals surface area contributed by atoms with Crippen LogP contribution in [0.5, 0.6) is 0 Å². The van der Waals surface area contributed by atoms with Crippen molar-refractivity contribution in [3.63, 3.8) is 0 Å². The second-order valence-corrected chi connectivity index (χ2v) is 5.30. The number of nitrogens with one attached hydrogen (secondary N) is 1. The van der Waals surface area contributed by atoms with Gasteiger partial charge in [0.2, 0.25) is 5.89 Å². The largest absolute Gasteiger partial charge is 0.436 e. The lowest BCUT2D eigenvalue weighted by atomic mass is 10.2. The van der Waals surface area contributed by atoms with E-state index in [1.165, 1.54) is 6.20 Å². The summed E-state index contributed by atoms with van der Waals surface area (Å²) in [6.07, 6.45) is 6.56. The van der Waals surface area contributed by atoms with Crippen molar-refractivity contribution in [1.82, 2.24) is 19.7 Å². The molecule has 0 spiro atoms. The lowest BCUT2D eigenvalue weighted by Gasteiger charge is -2.02. The molecule has 3 aromatic heterocycles. The summed E-state index contributed by atoms with van der Waals surface area (Å²) in [7, 11) is 1.76. The van der Waals surface area contributed by atoms with Gasteiger partial charge in [-0.15, -0.1) is 0 Å². The maximum absolute atomic E-state index is 12.2. The minimum atomic E-state index is -0.224. The fraction of sp³-hybridized carbons (Fsp3) is 0.0588. The summed E-state index contributed by atoms with van der Waals surface area (Å²) in [6, 6.07) is 9.02. The normalized spacial score (nSPS) is 10.9. The van der Waals surface area contributed by atoms with Crippen molar-refractivity contribution >= 4 is 22.7 Å². The number of hydrogen-bond acceptors (Lipinski definition) is 5. The Labute approximate surface area is 137 Å². The van der Waals surface area contributed by atoms with E-state index in [1.807, 2.05) is 12.1 Å². The number of aryl methyl sites for hydroxylation is 1. The van der Waals surface area contributed by atoms with E-state index < -0.39 is 0 Å². The van der Waals surface area contributed by atoms with Gasteiger partial charge in [-0.05, 0) is 30.3 Å². The predicted molar refractivity (Wildman–Crippen MR) is 88.4 cm³/mol. The van der Waals surface area contributed by atoms with Gasteiger partial charge in [0.25, 0.3) is 5.91 Å². The molecular formula is C17H13N5O2. The van der Waals surface area contributed by atoms with Gasteiger partial charge in [0.1, 0.15) is 5.52 Å². The van der Waals surface area contributed by atoms with Gasteiger partial charge in [-0.1, -0.05) is 0 Å². The van der Waals surface area contributed by atoms with Gasteiger partial charge in [-0.3, -0.25) is 14.5 Å². The molecule has 7 nitrogen and oxygen atoms in total. The van der Waals surface area contributed by atoms with Crippen LogP contribution in [0.15, 0.2) is 59.5 Å². The molecule has 0 aliphatic carbocycles. The van der Waals surface area contributed by atoms with E-state index in [-0.39, 0.29) is 5.91 Å². The van der Waals surface area contributed by atoms with E-state index in [4.69, 9.17) is 4.42 Å². The average Bonchev–Trinajstić information content (AvgIpc) is 3.21. The Morgan fingerprint density at radius 2 is 2.17 bits per heavy atom. The quantitative estimate of drug-likeness (QED) is 0.627. The van der Waals surface area contributed by atoms with Gasteiger partial charge >= 0.3 is 0 Å². The number of aromatic nitrogens is 4. The zero-order chi connectivity index (χ0) is 16.5. The van der Waals surface area contributed by atoms with Crippen molar-refractivity contribution in [2.75, 3.05) is 5.32 Å². The van der Waals surface area contributed by atoms with Crippen molar-refractivity contribution in [2.45, 2.75) is 0 Å². The number of carbonyl (C=O) groups is 1. The van der Waals surface area contributed by atoms with Gasteiger partial charge in [0, 0.05) is 31.3 Å². The minimum absolute atomic E-state index is 0.224. The van der Waals surface area contributed by atoms with Crippen LogP contribution in [0.4, 0.5) is 5.69 Å². The topological polar surface area (TPSA) is 85.8 Å². The molecule has 1 aromatic carbocycles. The van der Waals surface area contributed by atoms with Gasteiger partial charge in [0.15, 0.2) is 5.58 Å². The first-order valence-corrected chi connectivity index (χ1v) is 7.30. The molecular weight excluding hydrogens is 306 g/mol. The van der Waals surface area contributed by atoms with Crippen LogP contribution < -0.4 is 5.32 Å². The van der Waals surface area contributed by atoms with E-state index in [2.05, 4.69) is 20.4 Å². The molecule has 1 N–H and O–H groups in total. The van der Waals surface area contributed by atoms with E-state index in [0.29, 0.717) is 28.2 Å². The zero-order valence-electron chi connectivity index (χ0n) is 12.8. The number of nitrogens with zero attached hydrogens (tertiary/aromatic N) is 4. The summed E-state index contributed by atoms with van der Waals surface area (Å²) in [6.45, 7) is 0. The number of carbonyl (C=O) groups excluding carboxylic acids is 1. The molecule has 0 fully saturated rings. The molecule has 4 aromatic rings. The Morgan fingerprint density at radius 3 is 2.92 bits per heavy atom. The third-order valence-electron chi connectivity index (χ3n) is 3.52. The van der Waals surface area contributed by atoms with E-state index in [1.54, 1.807) is 48.5 Å². The number of oxazole rings is 1. The number of fused-ring (bicyclic) bond motifs is 1. The number of hydrogen-bond donors (Lipinski definition) is 1. The van der Waals surface area contributed by atoms with Gasteiger partial charge < -0.3 is 9.73 Å². The van der Waals surface area contributed by atoms with Crippen LogP contribution in [0.2, 0.25) is 0 Å². The zero-order valence-corrected chi connectivity index (χ0v) is 12.8. The first-order valence-electron chi connectivity index (χ1n) is 7.30. The highest BCUT2D eigenvalue weighted by Crippen LogP contribution is 2.25. The van der Waals surface area contributed by atoms with E-state index in [9.17, 15) is 4.79 Å². The summed E-state index contributed by atoms with van der Waals surface area (Å²) in [5.41, 5.74) is 3.25. The molecule has 0 saturated heterocycles. The second-order valence-electron chi connectivity index (χ2n) is 5.30. The van der Waals surface area contributed by atoms with E-state index in [0.717, 1.165) is 5.56 Å². The van der Waals surface area contributed by atoms with Gasteiger partial charge in [0.05, 0.1) is 17.3 Å². The Kier molecular flexibility index (Phi) is 3.31. The monoisotopic (exact) mass is 319 g/mol. The van der Waals surface area contributed by atoms with Crippen LogP contribution in [-0.4, -0.2) is 25.7 Å². The van der Waals surface area contributed by atoms with Crippen LogP contribution in [0.3, 0.4) is 0 Å². The Bertz CT molecular complexity index is 1020. The van der Waals surface area contributed by atoms with Crippen LogP contribution in [0.25, 0.3) is 22.6 Å². The third kappa shape index (κ3) is 2.63. The highest BCUT2D eigenvalue weighted by Gasteiger charge is 2.11. The molecule has 0 aliphatic heterocycles. The average molecular weight is 319 g/mol. The van der Waals surface area contributed by atoms with Crippen molar-refractivity contribution in [3.05, 3.63) is 60.7 Å². The Hall–Kier alpha value is -3.48. The number of amides is 1. The Morgan fingerprint density at radius 1 is 1.25 bits per heavy atom. The van der Waals surface area contributed by atoms with Gasteiger partial charge in [-0.25, -0.2) is 4.98 Å². The summed E-state index contributed by atoms with van der Waals surface area (Å²) in [5, 5.41) is 6.82. The molecule has 4 rings (SSSR count). The molecule has 0 bridgehead atoms. The minimum Gasteiger partial charge on any atom is -0.436 e. The van der Waals surface area contributed by atoms with Crippen molar-refractivity contribution in [3.8, 4) is 11.5 Å². The van der Waals surface area contributed by atoms with E-state index >= 15 is 0 Å². The molecule has 0 saturated carbocycles. The Balaban J connectivity index is 1.62. The van der Waals surface area contributed by atoms with Crippen molar-refractivity contribution in [1.29, 1.82) is 0 Å². The number of anilines is 1. The molecule has 0 atom stereocenters. The summed E-state index contributed by atoms with van der Waals surface area (Å²) < 4.78 is 7.30. The number of benzene rings is 1. The maximum atomic E-state index is 12.2. The molecule has 1 amide bonds. The van der Waals surface area contributed by atoms with Crippen molar-refractivity contribution in [2.24, 2.45) is 7.05 Å². The number of pyridine rings is 1. The molecule has 3 heterocycles. The first kappa shape index (κ1) is 14.1. The fourth-order valence-corrected chi connectivity index (χ4v) is 2.36. The van der Waals surface area contributed by atoms with Crippen LogP contribution >= 0.6 is 0 Å². The number of rotatable bonds is 3.